The Morgan fingerprint density at radius 2 is 1.73 bits per heavy atom. The summed E-state index contributed by atoms with van der Waals surface area (Å²) in [6, 6.07) is 0.159. The van der Waals surface area contributed by atoms with E-state index in [9.17, 15) is 0 Å². The van der Waals surface area contributed by atoms with E-state index in [2.05, 4.69) is 0 Å². The van der Waals surface area contributed by atoms with Gasteiger partial charge < -0.3 is 5.73 Å². The lowest BCUT2D eigenvalue weighted by atomic mass is 10.1. The van der Waals surface area contributed by atoms with Crippen molar-refractivity contribution in [3.63, 3.8) is 0 Å². The summed E-state index contributed by atoms with van der Waals surface area (Å²) in [5.74, 6) is 0. The Bertz CT molecular complexity index is 121. The minimum Gasteiger partial charge on any atom is -0.324 e. The lowest BCUT2D eigenvalue weighted by Gasteiger charge is -2.03. The van der Waals surface area contributed by atoms with Crippen LogP contribution in [0.1, 0.15) is 34.6 Å². The first-order valence-electron chi connectivity index (χ1n) is 4.26. The molecular weight excluding hydrogens is 134 g/mol. The smallest absolute Gasteiger partial charge is 0.0262 e. The van der Waals surface area contributed by atoms with Crippen LogP contribution in [0.3, 0.4) is 0 Å². The minimum atomic E-state index is 0.159. The van der Waals surface area contributed by atoms with E-state index in [1.165, 1.54) is 5.57 Å². The first-order valence-corrected chi connectivity index (χ1v) is 4.26. The first-order chi connectivity index (χ1) is 5.22. The van der Waals surface area contributed by atoms with Crippen molar-refractivity contribution in [2.24, 2.45) is 5.73 Å². The third kappa shape index (κ3) is 7.34. The molecule has 11 heavy (non-hydrogen) atoms. The lowest BCUT2D eigenvalue weighted by Crippen LogP contribution is -2.16. The van der Waals surface area contributed by atoms with Crippen molar-refractivity contribution in [2.45, 2.75) is 40.7 Å². The summed E-state index contributed by atoms with van der Waals surface area (Å²) < 4.78 is 0. The lowest BCUT2D eigenvalue weighted by molar-refractivity contribution is 0.882. The molecule has 1 nitrogen and oxygen atoms in total. The average Bonchev–Trinajstić information content (AvgIpc) is 2.03. The molecule has 0 saturated heterocycles. The van der Waals surface area contributed by atoms with E-state index < -0.39 is 0 Å². The van der Waals surface area contributed by atoms with Gasteiger partial charge in [-0.2, -0.15) is 0 Å². The molecule has 0 radical (unpaired) electrons. The van der Waals surface area contributed by atoms with E-state index in [0.717, 1.165) is 0 Å². The van der Waals surface area contributed by atoms with Gasteiger partial charge >= 0.3 is 0 Å². The van der Waals surface area contributed by atoms with E-state index in [1.807, 2.05) is 52.8 Å². The van der Waals surface area contributed by atoms with Crippen molar-refractivity contribution in [1.29, 1.82) is 0 Å². The molecule has 0 saturated carbocycles. The van der Waals surface area contributed by atoms with Gasteiger partial charge in [-0.3, -0.25) is 0 Å². The predicted molar refractivity (Wildman–Crippen MR) is 53.6 cm³/mol. The zero-order valence-electron chi connectivity index (χ0n) is 8.39. The maximum atomic E-state index is 5.61. The topological polar surface area (TPSA) is 26.0 Å². The molecular formula is C10H21N. The van der Waals surface area contributed by atoms with Gasteiger partial charge in [0.15, 0.2) is 0 Å². The summed E-state index contributed by atoms with van der Waals surface area (Å²) in [4.78, 5) is 0. The summed E-state index contributed by atoms with van der Waals surface area (Å²) in [5, 5.41) is 0. The highest BCUT2D eigenvalue weighted by molar-refractivity contribution is 5.21. The Kier molecular flexibility index (Phi) is 11.2. The quantitative estimate of drug-likeness (QED) is 0.610. The number of allylic oxidation sites excluding steroid dienone is 2. The second kappa shape index (κ2) is 9.44. The van der Waals surface area contributed by atoms with Crippen LogP contribution in [0.4, 0.5) is 0 Å². The van der Waals surface area contributed by atoms with E-state index >= 15 is 0 Å². The van der Waals surface area contributed by atoms with Crippen molar-refractivity contribution >= 4 is 0 Å². The normalized spacial score (nSPS) is 14.2. The van der Waals surface area contributed by atoms with Gasteiger partial charge in [0, 0.05) is 6.04 Å². The van der Waals surface area contributed by atoms with Crippen molar-refractivity contribution in [3.05, 3.63) is 23.8 Å². The second-order valence-corrected chi connectivity index (χ2v) is 2.08. The highest BCUT2D eigenvalue weighted by atomic mass is 14.6. The van der Waals surface area contributed by atoms with Crippen molar-refractivity contribution < 1.29 is 0 Å². The van der Waals surface area contributed by atoms with E-state index in [-0.39, 0.29) is 6.04 Å². The minimum absolute atomic E-state index is 0.159. The van der Waals surface area contributed by atoms with Crippen LogP contribution in [0, 0.1) is 0 Å². The standard InChI is InChI=1S/C8H15N.C2H6/c1-4-6-8(5-2)7(3)9;1-2/h4-7H,9H2,1-3H3;1-2H3/b6-4-,8-5+;. The fourth-order valence-corrected chi connectivity index (χ4v) is 0.703. The highest BCUT2D eigenvalue weighted by Gasteiger charge is 1.94. The molecule has 1 heteroatoms. The zero-order chi connectivity index (χ0) is 9.28. The zero-order valence-corrected chi connectivity index (χ0v) is 8.39. The summed E-state index contributed by atoms with van der Waals surface area (Å²) in [6.07, 6.45) is 6.06. The summed E-state index contributed by atoms with van der Waals surface area (Å²) in [5.41, 5.74) is 6.81. The average molecular weight is 155 g/mol. The van der Waals surface area contributed by atoms with Crippen molar-refractivity contribution in [3.8, 4) is 0 Å². The molecule has 66 valence electrons. The summed E-state index contributed by atoms with van der Waals surface area (Å²) in [7, 11) is 0. The van der Waals surface area contributed by atoms with Crippen LogP contribution < -0.4 is 5.73 Å². The van der Waals surface area contributed by atoms with E-state index in [4.69, 9.17) is 5.73 Å². The van der Waals surface area contributed by atoms with E-state index in [1.54, 1.807) is 0 Å². The van der Waals surface area contributed by atoms with Gasteiger partial charge in [0.1, 0.15) is 0 Å². The van der Waals surface area contributed by atoms with Gasteiger partial charge in [0.05, 0.1) is 0 Å². The van der Waals surface area contributed by atoms with Gasteiger partial charge in [-0.15, -0.1) is 0 Å². The first kappa shape index (κ1) is 13.1. The molecule has 0 fully saturated rings. The predicted octanol–water partition coefficient (Wildman–Crippen LogP) is 2.88. The van der Waals surface area contributed by atoms with E-state index in [0.29, 0.717) is 0 Å². The van der Waals surface area contributed by atoms with Crippen molar-refractivity contribution in [2.75, 3.05) is 0 Å². The fraction of sp³-hybridized carbons (Fsp3) is 0.600. The Hall–Kier alpha value is -0.560. The van der Waals surface area contributed by atoms with Crippen LogP contribution >= 0.6 is 0 Å². The molecule has 0 aliphatic heterocycles. The van der Waals surface area contributed by atoms with Crippen LogP contribution in [0.2, 0.25) is 0 Å². The number of rotatable bonds is 2. The highest BCUT2D eigenvalue weighted by Crippen LogP contribution is 1.99. The molecule has 2 N–H and O–H groups in total. The van der Waals surface area contributed by atoms with Gasteiger partial charge in [-0.1, -0.05) is 32.1 Å². The largest absolute Gasteiger partial charge is 0.324 e. The molecule has 0 spiro atoms. The Balaban J connectivity index is 0. The second-order valence-electron chi connectivity index (χ2n) is 2.08. The molecule has 0 rings (SSSR count). The maximum absolute atomic E-state index is 5.61. The third-order valence-electron chi connectivity index (χ3n) is 1.22. The molecule has 0 aliphatic rings. The monoisotopic (exact) mass is 155 g/mol. The summed E-state index contributed by atoms with van der Waals surface area (Å²) in [6.45, 7) is 9.97. The Morgan fingerprint density at radius 3 is 1.82 bits per heavy atom. The molecule has 1 unspecified atom stereocenters. The molecule has 1 atom stereocenters. The number of nitrogens with two attached hydrogens (primary N) is 1. The Morgan fingerprint density at radius 1 is 1.27 bits per heavy atom. The molecule has 0 aromatic carbocycles. The van der Waals surface area contributed by atoms with Gasteiger partial charge in [0.25, 0.3) is 0 Å². The molecule has 0 bridgehead atoms. The maximum Gasteiger partial charge on any atom is 0.0262 e. The van der Waals surface area contributed by atoms with Gasteiger partial charge in [-0.25, -0.2) is 0 Å². The van der Waals surface area contributed by atoms with Gasteiger partial charge in [-0.05, 0) is 26.3 Å². The third-order valence-corrected chi connectivity index (χ3v) is 1.22. The van der Waals surface area contributed by atoms with Gasteiger partial charge in [0.2, 0.25) is 0 Å². The number of hydrogen-bond acceptors (Lipinski definition) is 1. The SMILES string of the molecule is C/C=C\C(=C/C)C(C)N.CC. The molecule has 0 aliphatic carbocycles. The van der Waals surface area contributed by atoms with Crippen molar-refractivity contribution in [1.82, 2.24) is 0 Å². The van der Waals surface area contributed by atoms with Crippen LogP contribution in [0.5, 0.6) is 0 Å². The molecule has 0 aromatic rings. The molecule has 0 amide bonds. The Labute approximate surface area is 71.0 Å². The fourth-order valence-electron chi connectivity index (χ4n) is 0.703. The van der Waals surface area contributed by atoms with Crippen LogP contribution in [-0.4, -0.2) is 6.04 Å². The number of hydrogen-bond donors (Lipinski definition) is 1. The van der Waals surface area contributed by atoms with Crippen LogP contribution in [0.15, 0.2) is 23.8 Å². The van der Waals surface area contributed by atoms with Crippen LogP contribution in [0.25, 0.3) is 0 Å². The summed E-state index contributed by atoms with van der Waals surface area (Å²) >= 11 is 0. The molecule has 0 heterocycles. The van der Waals surface area contributed by atoms with Crippen LogP contribution in [-0.2, 0) is 0 Å². The molecule has 0 aromatic heterocycles.